The van der Waals surface area contributed by atoms with Crippen LogP contribution in [-0.4, -0.2) is 75.8 Å². The normalized spacial score (nSPS) is 29.9. The minimum absolute atomic E-state index is 0.0140. The van der Waals surface area contributed by atoms with Crippen molar-refractivity contribution in [2.24, 2.45) is 16.6 Å². The lowest BCUT2D eigenvalue weighted by atomic mass is 9.72. The number of hydrogen-bond donors (Lipinski definition) is 1. The van der Waals surface area contributed by atoms with E-state index in [2.05, 4.69) is 20.9 Å². The van der Waals surface area contributed by atoms with Gasteiger partial charge >= 0.3 is 0 Å². The summed E-state index contributed by atoms with van der Waals surface area (Å²) >= 11 is 1.18. The molecule has 0 aliphatic carbocycles. The minimum atomic E-state index is -1.22. The fourth-order valence-electron chi connectivity index (χ4n) is 5.57. The molecule has 1 amide bonds. The maximum Gasteiger partial charge on any atom is 0.240 e. The van der Waals surface area contributed by atoms with Gasteiger partial charge in [0.15, 0.2) is 17.6 Å². The van der Waals surface area contributed by atoms with Crippen LogP contribution in [0.3, 0.4) is 0 Å². The summed E-state index contributed by atoms with van der Waals surface area (Å²) in [6.45, 7) is 7.01. The van der Waals surface area contributed by atoms with Gasteiger partial charge in [-0.1, -0.05) is 30.7 Å². The number of thioether (sulfide) groups is 1. The molecule has 1 aromatic carbocycles. The van der Waals surface area contributed by atoms with Crippen LogP contribution in [0.2, 0.25) is 0 Å². The molecule has 2 aromatic rings. The number of benzene rings is 1. The second-order valence-corrected chi connectivity index (χ2v) is 12.1. The number of carbonyl (C=O) groups excluding carboxylic acids is 1. The van der Waals surface area contributed by atoms with Gasteiger partial charge in [0.2, 0.25) is 11.8 Å². The molecule has 2 bridgehead atoms. The van der Waals surface area contributed by atoms with E-state index in [4.69, 9.17) is 26.4 Å². The van der Waals surface area contributed by atoms with Crippen LogP contribution in [0, 0.1) is 24.1 Å². The maximum absolute atomic E-state index is 15.5. The third kappa shape index (κ3) is 5.41. The SMILES string of the molecule is C#CCOc1cnc(/C(F)=C/c2ccc(F)c([C@@]3(C)N=C(N)S[C@](C)(C(=O)N4C5COCC4COC5)[C@H]3C)c2)cn1. The maximum atomic E-state index is 15.5. The molecule has 4 heterocycles. The second kappa shape index (κ2) is 11.4. The molecule has 41 heavy (non-hydrogen) atoms. The molecular formula is C29H31F2N5O4S. The number of rotatable bonds is 6. The number of hydrogen-bond acceptors (Lipinski definition) is 9. The van der Waals surface area contributed by atoms with Crippen molar-refractivity contribution in [1.29, 1.82) is 0 Å². The van der Waals surface area contributed by atoms with Gasteiger partial charge in [-0.25, -0.2) is 18.7 Å². The van der Waals surface area contributed by atoms with E-state index in [0.29, 0.717) is 32.0 Å². The molecule has 2 fully saturated rings. The Bertz CT molecular complexity index is 1410. The lowest BCUT2D eigenvalue weighted by Crippen LogP contribution is -2.67. The van der Waals surface area contributed by atoms with Crippen LogP contribution >= 0.6 is 11.8 Å². The van der Waals surface area contributed by atoms with Gasteiger partial charge in [0, 0.05) is 11.5 Å². The highest BCUT2D eigenvalue weighted by molar-refractivity contribution is 8.15. The Hall–Kier alpha value is -3.53. The summed E-state index contributed by atoms with van der Waals surface area (Å²) in [4.78, 5) is 28.7. The topological polar surface area (TPSA) is 112 Å². The van der Waals surface area contributed by atoms with E-state index in [0.717, 1.165) is 0 Å². The van der Waals surface area contributed by atoms with E-state index < -0.39 is 27.8 Å². The Morgan fingerprint density at radius 1 is 1.24 bits per heavy atom. The van der Waals surface area contributed by atoms with E-state index in [-0.39, 0.29) is 46.9 Å². The standard InChI is InChI=1S/C29H31F2N5O4S/c1-5-8-40-25-12-33-24(11-34-25)23(31)10-18-6-7-22(30)21(9-18)28(3)17(2)29(4,41-27(32)35-28)26(37)36-19-13-38-15-20(36)16-39-14-19/h1,6-7,9-12,17,19-20H,8,13-16H2,2-4H3,(H2,32,35)/b23-10-/t17-,19?,20?,28-,29-/m0/s1. The number of morpholine rings is 2. The molecule has 3 aliphatic heterocycles. The highest BCUT2D eigenvalue weighted by atomic mass is 32.2. The van der Waals surface area contributed by atoms with Gasteiger partial charge < -0.3 is 24.8 Å². The lowest BCUT2D eigenvalue weighted by Gasteiger charge is -2.52. The van der Waals surface area contributed by atoms with Crippen LogP contribution in [0.1, 0.15) is 37.6 Å². The quantitative estimate of drug-likeness (QED) is 0.516. The van der Waals surface area contributed by atoms with E-state index >= 15 is 8.78 Å². The van der Waals surface area contributed by atoms with Crippen molar-refractivity contribution in [3.8, 4) is 18.2 Å². The number of carbonyl (C=O) groups is 1. The first-order chi connectivity index (χ1) is 19.6. The molecule has 0 saturated carbocycles. The molecule has 2 saturated heterocycles. The van der Waals surface area contributed by atoms with Crippen LogP contribution in [0.15, 0.2) is 35.6 Å². The third-order valence-corrected chi connectivity index (χ3v) is 9.27. The van der Waals surface area contributed by atoms with Gasteiger partial charge in [-0.3, -0.25) is 9.79 Å². The average molecular weight is 584 g/mol. The van der Waals surface area contributed by atoms with Crippen molar-refractivity contribution in [3.05, 3.63) is 53.2 Å². The summed E-state index contributed by atoms with van der Waals surface area (Å²) in [5.41, 5.74) is 5.64. The molecule has 0 spiro atoms. The highest BCUT2D eigenvalue weighted by Crippen LogP contribution is 2.51. The largest absolute Gasteiger partial charge is 0.463 e. The Kier molecular flexibility index (Phi) is 8.05. The van der Waals surface area contributed by atoms with Gasteiger partial charge in [-0.15, -0.1) is 6.42 Å². The van der Waals surface area contributed by atoms with Crippen molar-refractivity contribution in [3.63, 3.8) is 0 Å². The van der Waals surface area contributed by atoms with Crippen LogP contribution in [0.4, 0.5) is 8.78 Å². The minimum Gasteiger partial charge on any atom is -0.463 e. The number of fused-ring (bicyclic) bond motifs is 2. The fraction of sp³-hybridized carbons (Fsp3) is 0.448. The van der Waals surface area contributed by atoms with E-state index in [1.165, 1.54) is 48.4 Å². The molecule has 3 atom stereocenters. The van der Waals surface area contributed by atoms with Crippen LogP contribution in [0.5, 0.6) is 5.88 Å². The Balaban J connectivity index is 1.46. The summed E-state index contributed by atoms with van der Waals surface area (Å²) < 4.78 is 46.1. The van der Waals surface area contributed by atoms with Gasteiger partial charge in [-0.2, -0.15) is 0 Å². The number of amidine groups is 1. The van der Waals surface area contributed by atoms with Gasteiger partial charge in [0.25, 0.3) is 0 Å². The number of amides is 1. The Morgan fingerprint density at radius 3 is 2.54 bits per heavy atom. The zero-order valence-electron chi connectivity index (χ0n) is 23.0. The molecular weight excluding hydrogens is 552 g/mol. The van der Waals surface area contributed by atoms with Crippen molar-refractivity contribution in [1.82, 2.24) is 14.9 Å². The fourth-order valence-corrected chi connectivity index (χ4v) is 6.84. The zero-order chi connectivity index (χ0) is 29.4. The predicted octanol–water partition coefficient (Wildman–Crippen LogP) is 3.39. The van der Waals surface area contributed by atoms with E-state index in [1.807, 2.05) is 18.7 Å². The zero-order valence-corrected chi connectivity index (χ0v) is 23.8. The molecule has 2 N–H and O–H groups in total. The summed E-state index contributed by atoms with van der Waals surface area (Å²) in [6, 6.07) is 3.82. The number of terminal acetylenes is 1. The summed E-state index contributed by atoms with van der Waals surface area (Å²) in [6.07, 6.45) is 8.88. The predicted molar refractivity (Wildman–Crippen MR) is 152 cm³/mol. The lowest BCUT2D eigenvalue weighted by molar-refractivity contribution is -0.171. The molecule has 0 radical (unpaired) electrons. The third-order valence-electron chi connectivity index (χ3n) is 8.02. The highest BCUT2D eigenvalue weighted by Gasteiger charge is 2.57. The summed E-state index contributed by atoms with van der Waals surface area (Å²) in [7, 11) is 0. The second-order valence-electron chi connectivity index (χ2n) is 10.6. The van der Waals surface area contributed by atoms with Crippen LogP contribution in [0.25, 0.3) is 11.9 Å². The summed E-state index contributed by atoms with van der Waals surface area (Å²) in [5.74, 6) is 0.651. The molecule has 3 aliphatic rings. The van der Waals surface area contributed by atoms with Gasteiger partial charge in [0.05, 0.1) is 56.4 Å². The number of aromatic nitrogens is 2. The number of nitrogens with zero attached hydrogens (tertiary/aromatic N) is 4. The first-order valence-corrected chi connectivity index (χ1v) is 14.0. The smallest absolute Gasteiger partial charge is 0.240 e. The van der Waals surface area contributed by atoms with Crippen molar-refractivity contribution in [2.75, 3.05) is 33.0 Å². The first-order valence-electron chi connectivity index (χ1n) is 13.1. The monoisotopic (exact) mass is 583 g/mol. The van der Waals surface area contributed by atoms with Crippen LogP contribution < -0.4 is 10.5 Å². The van der Waals surface area contributed by atoms with Crippen molar-refractivity contribution in [2.45, 2.75) is 43.1 Å². The number of ether oxygens (including phenoxy) is 3. The number of aliphatic imine (C=N–C) groups is 1. The van der Waals surface area contributed by atoms with Crippen LogP contribution in [-0.2, 0) is 19.8 Å². The number of halogens is 2. The first kappa shape index (κ1) is 29.0. The molecule has 12 heteroatoms. The van der Waals surface area contributed by atoms with Crippen molar-refractivity contribution >= 4 is 34.7 Å². The van der Waals surface area contributed by atoms with Gasteiger partial charge in [-0.05, 0) is 37.6 Å². The molecule has 5 rings (SSSR count). The molecule has 216 valence electrons. The number of nitrogens with two attached hydrogens (primary N) is 1. The van der Waals surface area contributed by atoms with Crippen molar-refractivity contribution < 1.29 is 27.8 Å². The average Bonchev–Trinajstić information content (AvgIpc) is 2.95. The molecule has 9 nitrogen and oxygen atoms in total. The summed E-state index contributed by atoms with van der Waals surface area (Å²) in [5, 5.41) is 0.171. The molecule has 1 aromatic heterocycles. The van der Waals surface area contributed by atoms with Gasteiger partial charge in [0.1, 0.15) is 16.3 Å². The Labute approximate surface area is 241 Å². The van der Waals surface area contributed by atoms with E-state index in [9.17, 15) is 4.79 Å². The Morgan fingerprint density at radius 2 is 1.93 bits per heavy atom. The van der Waals surface area contributed by atoms with E-state index in [1.54, 1.807) is 6.92 Å². The molecule has 0 unspecified atom stereocenters.